The normalized spacial score (nSPS) is 15.7. The number of hydrogen-bond donors (Lipinski definition) is 3. The van der Waals surface area contributed by atoms with Crippen LogP contribution in [0.25, 0.3) is 22.2 Å². The Kier molecular flexibility index (Phi) is 3.02. The maximum absolute atomic E-state index is 12.4. The summed E-state index contributed by atoms with van der Waals surface area (Å²) < 4.78 is 0.920. The van der Waals surface area contributed by atoms with Crippen molar-refractivity contribution in [2.24, 2.45) is 0 Å². The zero-order valence-corrected chi connectivity index (χ0v) is 13.7. The van der Waals surface area contributed by atoms with Gasteiger partial charge in [-0.3, -0.25) is 4.79 Å². The van der Waals surface area contributed by atoms with Crippen molar-refractivity contribution in [1.29, 1.82) is 0 Å². The second kappa shape index (κ2) is 4.96. The first-order valence-corrected chi connectivity index (χ1v) is 7.87. The first kappa shape index (κ1) is 14.0. The molecule has 0 spiro atoms. The van der Waals surface area contributed by atoms with Gasteiger partial charge in [0.2, 0.25) is 0 Å². The number of anilines is 1. The van der Waals surface area contributed by atoms with Crippen LogP contribution in [0, 0.1) is 0 Å². The monoisotopic (exact) mass is 369 g/mol. The summed E-state index contributed by atoms with van der Waals surface area (Å²) in [6.07, 6.45) is 0. The summed E-state index contributed by atoms with van der Waals surface area (Å²) in [5.41, 5.74) is 5.33. The topological polar surface area (TPSA) is 77.8 Å². The summed E-state index contributed by atoms with van der Waals surface area (Å²) in [7, 11) is 0. The number of allylic oxidation sites excluding steroid dienone is 1. The second-order valence-corrected chi connectivity index (χ2v) is 6.40. The Morgan fingerprint density at radius 1 is 1.00 bits per heavy atom. The lowest BCUT2D eigenvalue weighted by molar-refractivity contribution is -0.110. The van der Waals surface area contributed by atoms with Gasteiger partial charge in [0.1, 0.15) is 0 Å². The molecule has 0 saturated carbocycles. The minimum absolute atomic E-state index is 0.113. The molecule has 1 amide bonds. The molecule has 0 bridgehead atoms. The zero-order valence-electron chi connectivity index (χ0n) is 12.2. The number of amides is 1. The minimum atomic E-state index is -0.240. The summed E-state index contributed by atoms with van der Waals surface area (Å²) in [6, 6.07) is 11.3. The molecule has 0 unspecified atom stereocenters. The van der Waals surface area contributed by atoms with Gasteiger partial charge in [-0.15, -0.1) is 0 Å². The molecule has 0 radical (unpaired) electrons. The van der Waals surface area contributed by atoms with Gasteiger partial charge in [0.15, 0.2) is 0 Å². The van der Waals surface area contributed by atoms with Gasteiger partial charge in [0, 0.05) is 15.7 Å². The highest BCUT2D eigenvalue weighted by Crippen LogP contribution is 2.38. The Hall–Kier alpha value is -2.60. The Bertz CT molecular complexity index is 1060. The van der Waals surface area contributed by atoms with Gasteiger partial charge in [0.25, 0.3) is 5.91 Å². The van der Waals surface area contributed by atoms with Gasteiger partial charge in [-0.2, -0.15) is 0 Å². The van der Waals surface area contributed by atoms with Crippen LogP contribution >= 0.6 is 15.9 Å². The number of aromatic amines is 2. The molecular formula is C17H12BrN3O2. The molecule has 3 aromatic rings. The molecule has 1 aliphatic rings. The number of aromatic nitrogens is 2. The Labute approximate surface area is 139 Å². The minimum Gasteiger partial charge on any atom is -0.321 e. The molecule has 0 saturated heterocycles. The highest BCUT2D eigenvalue weighted by molar-refractivity contribution is 9.10. The maximum Gasteiger partial charge on any atom is 0.323 e. The fraction of sp³-hybridized carbons (Fsp3) is 0.0588. The molecule has 2 aromatic carbocycles. The number of H-pyrrole nitrogens is 2. The lowest BCUT2D eigenvalue weighted by atomic mass is 9.96. The van der Waals surface area contributed by atoms with Gasteiger partial charge < -0.3 is 15.3 Å². The van der Waals surface area contributed by atoms with Crippen molar-refractivity contribution in [3.63, 3.8) is 0 Å². The predicted octanol–water partition coefficient (Wildman–Crippen LogP) is 3.50. The number of imidazole rings is 1. The number of carbonyl (C=O) groups is 1. The molecule has 23 heavy (non-hydrogen) atoms. The number of carbonyl (C=O) groups excluding carboxylic acids is 1. The van der Waals surface area contributed by atoms with Gasteiger partial charge in [-0.05, 0) is 48.4 Å². The van der Waals surface area contributed by atoms with E-state index in [1.54, 1.807) is 0 Å². The van der Waals surface area contributed by atoms with E-state index in [2.05, 4.69) is 31.2 Å². The van der Waals surface area contributed by atoms with Gasteiger partial charge in [-0.1, -0.05) is 22.0 Å². The van der Waals surface area contributed by atoms with E-state index in [0.717, 1.165) is 37.9 Å². The highest BCUT2D eigenvalue weighted by atomic mass is 79.9. The van der Waals surface area contributed by atoms with Crippen LogP contribution < -0.4 is 11.0 Å². The molecule has 6 heteroatoms. The molecule has 114 valence electrons. The number of hydrogen-bond acceptors (Lipinski definition) is 2. The number of fused-ring (bicyclic) bond motifs is 2. The SMILES string of the molecule is C/C(=C1\C(=O)Nc2ccc(Br)cc21)c1ccc2[nH]c(=O)[nH]c2c1. The van der Waals surface area contributed by atoms with E-state index in [-0.39, 0.29) is 11.6 Å². The van der Waals surface area contributed by atoms with Crippen LogP contribution in [0.4, 0.5) is 5.69 Å². The standard InChI is InChI=1S/C17H12BrN3O2/c1-8(9-2-4-13-14(6-9)21-17(23)20-13)15-11-7-10(18)3-5-12(11)19-16(15)22/h2-7H,1H3,(H,19,22)(H2,20,21,23)/b15-8+. The zero-order chi connectivity index (χ0) is 16.1. The molecule has 5 nitrogen and oxygen atoms in total. The summed E-state index contributed by atoms with van der Waals surface area (Å²) in [6.45, 7) is 1.91. The van der Waals surface area contributed by atoms with E-state index in [1.165, 1.54) is 0 Å². The molecular weight excluding hydrogens is 358 g/mol. The van der Waals surface area contributed by atoms with Crippen molar-refractivity contribution < 1.29 is 4.79 Å². The molecule has 0 aliphatic carbocycles. The highest BCUT2D eigenvalue weighted by Gasteiger charge is 2.26. The van der Waals surface area contributed by atoms with E-state index in [0.29, 0.717) is 5.57 Å². The molecule has 1 aromatic heterocycles. The van der Waals surface area contributed by atoms with Gasteiger partial charge >= 0.3 is 5.69 Å². The predicted molar refractivity (Wildman–Crippen MR) is 94.2 cm³/mol. The van der Waals surface area contributed by atoms with Crippen LogP contribution in [0.3, 0.4) is 0 Å². The van der Waals surface area contributed by atoms with E-state index < -0.39 is 0 Å². The number of halogens is 1. The van der Waals surface area contributed by atoms with E-state index in [1.807, 2.05) is 43.3 Å². The number of rotatable bonds is 1. The summed E-state index contributed by atoms with van der Waals surface area (Å²) in [5, 5.41) is 2.89. The third kappa shape index (κ3) is 2.22. The van der Waals surface area contributed by atoms with Crippen molar-refractivity contribution in [2.45, 2.75) is 6.92 Å². The molecule has 2 heterocycles. The largest absolute Gasteiger partial charge is 0.323 e. The van der Waals surface area contributed by atoms with Crippen LogP contribution in [-0.2, 0) is 4.79 Å². The number of nitrogens with one attached hydrogen (secondary N) is 3. The van der Waals surface area contributed by atoms with Crippen molar-refractivity contribution in [1.82, 2.24) is 9.97 Å². The van der Waals surface area contributed by atoms with Gasteiger partial charge in [0.05, 0.1) is 16.6 Å². The second-order valence-electron chi connectivity index (χ2n) is 5.48. The van der Waals surface area contributed by atoms with E-state index >= 15 is 0 Å². The van der Waals surface area contributed by atoms with Crippen LogP contribution in [0.1, 0.15) is 18.1 Å². The smallest absolute Gasteiger partial charge is 0.321 e. The molecule has 4 rings (SSSR count). The molecule has 1 aliphatic heterocycles. The average Bonchev–Trinajstić information content (AvgIpc) is 3.03. The van der Waals surface area contributed by atoms with Crippen molar-refractivity contribution >= 4 is 49.7 Å². The van der Waals surface area contributed by atoms with Crippen LogP contribution in [-0.4, -0.2) is 15.9 Å². The van der Waals surface area contributed by atoms with Crippen molar-refractivity contribution in [3.8, 4) is 0 Å². The van der Waals surface area contributed by atoms with Gasteiger partial charge in [-0.25, -0.2) is 4.79 Å². The average molecular weight is 370 g/mol. The number of benzene rings is 2. The van der Waals surface area contributed by atoms with Crippen LogP contribution in [0.2, 0.25) is 0 Å². The summed E-state index contributed by atoms with van der Waals surface area (Å²) in [5.74, 6) is -0.113. The Morgan fingerprint density at radius 2 is 1.78 bits per heavy atom. The van der Waals surface area contributed by atoms with Crippen LogP contribution in [0.15, 0.2) is 45.7 Å². The Morgan fingerprint density at radius 3 is 2.61 bits per heavy atom. The summed E-state index contributed by atoms with van der Waals surface area (Å²) >= 11 is 3.45. The van der Waals surface area contributed by atoms with Crippen molar-refractivity contribution in [3.05, 3.63) is 62.5 Å². The lowest BCUT2D eigenvalue weighted by Crippen LogP contribution is -2.05. The van der Waals surface area contributed by atoms with E-state index in [9.17, 15) is 9.59 Å². The fourth-order valence-electron chi connectivity index (χ4n) is 2.92. The lowest BCUT2D eigenvalue weighted by Gasteiger charge is -2.07. The van der Waals surface area contributed by atoms with Crippen LogP contribution in [0.5, 0.6) is 0 Å². The van der Waals surface area contributed by atoms with E-state index in [4.69, 9.17) is 0 Å². The fourth-order valence-corrected chi connectivity index (χ4v) is 3.28. The third-order valence-electron chi connectivity index (χ3n) is 4.05. The Balaban J connectivity index is 1.93. The third-order valence-corrected chi connectivity index (χ3v) is 4.54. The molecule has 3 N–H and O–H groups in total. The first-order chi connectivity index (χ1) is 11.0. The summed E-state index contributed by atoms with van der Waals surface area (Å²) in [4.78, 5) is 29.2. The quantitative estimate of drug-likeness (QED) is 0.574. The molecule has 0 fully saturated rings. The maximum atomic E-state index is 12.4. The van der Waals surface area contributed by atoms with Crippen molar-refractivity contribution in [2.75, 3.05) is 5.32 Å². The first-order valence-electron chi connectivity index (χ1n) is 7.07. The molecule has 0 atom stereocenters.